The van der Waals surface area contributed by atoms with Gasteiger partial charge in [0, 0.05) is 31.2 Å². The number of benzene rings is 1. The lowest BCUT2D eigenvalue weighted by Crippen LogP contribution is -2.59. The number of carbonyl (C=O) groups is 1. The van der Waals surface area contributed by atoms with Crippen LogP contribution in [0.1, 0.15) is 5.56 Å². The highest BCUT2D eigenvalue weighted by Crippen LogP contribution is 2.17. The lowest BCUT2D eigenvalue weighted by atomic mass is 10.1. The molecule has 0 saturated carbocycles. The third kappa shape index (κ3) is 4.99. The Hall–Kier alpha value is -1.06. The lowest BCUT2D eigenvalue weighted by Gasteiger charge is -2.39. The van der Waals surface area contributed by atoms with Crippen LogP contribution in [-0.4, -0.2) is 51.1 Å². The van der Waals surface area contributed by atoms with Crippen molar-refractivity contribution in [2.45, 2.75) is 12.6 Å². The molecular formula is C13H16ClFN3O3S-. The van der Waals surface area contributed by atoms with Crippen LogP contribution in [0.15, 0.2) is 18.2 Å². The van der Waals surface area contributed by atoms with Crippen molar-refractivity contribution in [1.29, 1.82) is 0 Å². The van der Waals surface area contributed by atoms with Gasteiger partial charge in [-0.2, -0.15) is 0 Å². The van der Waals surface area contributed by atoms with Crippen LogP contribution in [0.5, 0.6) is 0 Å². The number of carbonyl (C=O) groups excluding carboxylic acids is 1. The van der Waals surface area contributed by atoms with Crippen molar-refractivity contribution < 1.29 is 17.9 Å². The fraction of sp³-hybridized carbons (Fsp3) is 0.462. The normalized spacial score (nSPS) is 17.0. The van der Waals surface area contributed by atoms with E-state index >= 15 is 0 Å². The van der Waals surface area contributed by atoms with E-state index in [0.29, 0.717) is 18.7 Å². The van der Waals surface area contributed by atoms with E-state index in [1.807, 2.05) is 0 Å². The van der Waals surface area contributed by atoms with Crippen molar-refractivity contribution in [1.82, 2.24) is 15.5 Å². The molecule has 2 rings (SSSR count). The van der Waals surface area contributed by atoms with Gasteiger partial charge in [-0.25, -0.2) is 4.39 Å². The summed E-state index contributed by atoms with van der Waals surface area (Å²) in [4.78, 5) is 13.4. The van der Waals surface area contributed by atoms with Crippen molar-refractivity contribution in [3.63, 3.8) is 0 Å². The van der Waals surface area contributed by atoms with Gasteiger partial charge in [0.15, 0.2) is 0 Å². The molecule has 1 amide bonds. The fourth-order valence-corrected chi connectivity index (χ4v) is 2.83. The topological polar surface area (TPSA) is 84.5 Å². The van der Waals surface area contributed by atoms with Gasteiger partial charge in [0.2, 0.25) is 5.91 Å². The third-order valence-corrected chi connectivity index (χ3v) is 4.17. The number of nitrogens with zero attached hydrogens (tertiary/aromatic N) is 1. The molecule has 0 aliphatic carbocycles. The smallest absolute Gasteiger partial charge is 0.234 e. The standard InChI is InChI=1S/C13H17ClFN3O3S/c14-11-3-1-2-9(13(11)15)4-17-12(19)5-16-10-6-18(7-10)8-22(20)21/h1-3,10,16H,4-8H2,(H,17,19)(H,20,21)/p-1. The second kappa shape index (κ2) is 7.98. The monoisotopic (exact) mass is 348 g/mol. The Morgan fingerprint density at radius 3 is 2.91 bits per heavy atom. The van der Waals surface area contributed by atoms with E-state index < -0.39 is 16.9 Å². The summed E-state index contributed by atoms with van der Waals surface area (Å²) < 4.78 is 34.6. The number of amides is 1. The van der Waals surface area contributed by atoms with Gasteiger partial charge >= 0.3 is 0 Å². The molecule has 0 bridgehead atoms. The van der Waals surface area contributed by atoms with Gasteiger partial charge in [-0.05, 0) is 17.1 Å². The van der Waals surface area contributed by atoms with E-state index in [0.717, 1.165) is 0 Å². The van der Waals surface area contributed by atoms with E-state index in [9.17, 15) is 17.9 Å². The summed E-state index contributed by atoms with van der Waals surface area (Å²) in [6.07, 6.45) is 0. The first-order valence-corrected chi connectivity index (χ1v) is 8.29. The molecule has 0 aromatic heterocycles. The summed E-state index contributed by atoms with van der Waals surface area (Å²) in [6.45, 7) is 1.34. The van der Waals surface area contributed by atoms with E-state index in [2.05, 4.69) is 10.6 Å². The number of rotatable bonds is 7. The molecule has 1 heterocycles. The number of halogens is 2. The highest BCUT2D eigenvalue weighted by molar-refractivity contribution is 7.79. The molecule has 1 unspecified atom stereocenters. The SMILES string of the molecule is O=C(CNC1CN(CS(=O)[O-])C1)NCc1cccc(Cl)c1F. The van der Waals surface area contributed by atoms with Crippen LogP contribution in [0.4, 0.5) is 4.39 Å². The van der Waals surface area contributed by atoms with Gasteiger partial charge in [0.1, 0.15) is 5.82 Å². The largest absolute Gasteiger partial charge is 0.771 e. The molecule has 1 atom stereocenters. The Kier molecular flexibility index (Phi) is 6.27. The predicted octanol–water partition coefficient (Wildman–Crippen LogP) is 0.206. The Labute approximate surface area is 135 Å². The average molecular weight is 349 g/mol. The summed E-state index contributed by atoms with van der Waals surface area (Å²) >= 11 is 3.58. The van der Waals surface area contributed by atoms with Crippen molar-refractivity contribution in [3.05, 3.63) is 34.6 Å². The molecule has 0 spiro atoms. The van der Waals surface area contributed by atoms with Crippen molar-refractivity contribution >= 4 is 28.6 Å². The minimum Gasteiger partial charge on any atom is -0.771 e. The molecule has 1 saturated heterocycles. The van der Waals surface area contributed by atoms with Gasteiger partial charge in [0.05, 0.1) is 17.4 Å². The van der Waals surface area contributed by atoms with E-state index in [1.165, 1.54) is 6.07 Å². The number of likely N-dealkylation sites (tertiary alicyclic amines) is 1. The summed E-state index contributed by atoms with van der Waals surface area (Å²) in [6, 6.07) is 4.72. The van der Waals surface area contributed by atoms with Gasteiger partial charge in [-0.15, -0.1) is 0 Å². The number of hydrogen-bond donors (Lipinski definition) is 2. The van der Waals surface area contributed by atoms with Crippen LogP contribution in [0.3, 0.4) is 0 Å². The fourth-order valence-electron chi connectivity index (χ4n) is 2.13. The molecule has 1 aromatic rings. The van der Waals surface area contributed by atoms with Gasteiger partial charge in [0.25, 0.3) is 0 Å². The van der Waals surface area contributed by atoms with E-state index in [1.54, 1.807) is 17.0 Å². The first kappa shape index (κ1) is 17.3. The molecule has 6 nitrogen and oxygen atoms in total. The van der Waals surface area contributed by atoms with Crippen molar-refractivity contribution in [3.8, 4) is 0 Å². The second-order valence-corrected chi connectivity index (χ2v) is 6.31. The van der Waals surface area contributed by atoms with Crippen LogP contribution in [-0.2, 0) is 22.4 Å². The quantitative estimate of drug-likeness (QED) is 0.688. The number of hydrogen-bond acceptors (Lipinski definition) is 5. The van der Waals surface area contributed by atoms with Crippen LogP contribution in [0.2, 0.25) is 5.02 Å². The summed E-state index contributed by atoms with van der Waals surface area (Å²) in [7, 11) is 0. The first-order valence-electron chi connectivity index (χ1n) is 6.67. The maximum absolute atomic E-state index is 13.6. The molecule has 1 aliphatic rings. The lowest BCUT2D eigenvalue weighted by molar-refractivity contribution is -0.120. The molecular weight excluding hydrogens is 333 g/mol. The maximum atomic E-state index is 13.6. The zero-order valence-electron chi connectivity index (χ0n) is 11.7. The zero-order valence-corrected chi connectivity index (χ0v) is 13.3. The Bertz CT molecular complexity index is 569. The van der Waals surface area contributed by atoms with Crippen LogP contribution < -0.4 is 10.6 Å². The highest BCUT2D eigenvalue weighted by Gasteiger charge is 2.26. The Morgan fingerprint density at radius 2 is 2.23 bits per heavy atom. The second-order valence-electron chi connectivity index (χ2n) is 5.04. The molecule has 9 heteroatoms. The van der Waals surface area contributed by atoms with Gasteiger partial charge in [-0.3, -0.25) is 13.9 Å². The highest BCUT2D eigenvalue weighted by atomic mass is 35.5. The summed E-state index contributed by atoms with van der Waals surface area (Å²) in [5.41, 5.74) is 0.327. The van der Waals surface area contributed by atoms with Crippen LogP contribution in [0, 0.1) is 5.82 Å². The number of nitrogens with one attached hydrogen (secondary N) is 2. The Balaban J connectivity index is 1.65. The molecule has 1 fully saturated rings. The van der Waals surface area contributed by atoms with E-state index in [4.69, 9.17) is 11.6 Å². The molecule has 0 radical (unpaired) electrons. The van der Waals surface area contributed by atoms with Crippen LogP contribution in [0.25, 0.3) is 0 Å². The minimum atomic E-state index is -2.08. The molecule has 2 N–H and O–H groups in total. The van der Waals surface area contributed by atoms with Gasteiger partial charge < -0.3 is 15.2 Å². The summed E-state index contributed by atoms with van der Waals surface area (Å²) in [5, 5.41) is 5.63. The maximum Gasteiger partial charge on any atom is 0.234 e. The summed E-state index contributed by atoms with van der Waals surface area (Å²) in [5.74, 6) is -0.777. The molecule has 122 valence electrons. The minimum absolute atomic E-state index is 0.0123. The average Bonchev–Trinajstić information content (AvgIpc) is 2.42. The van der Waals surface area contributed by atoms with E-state index in [-0.39, 0.29) is 35.9 Å². The molecule has 1 aromatic carbocycles. The third-order valence-electron chi connectivity index (χ3n) is 3.30. The molecule has 22 heavy (non-hydrogen) atoms. The zero-order chi connectivity index (χ0) is 16.1. The first-order chi connectivity index (χ1) is 10.5. The Morgan fingerprint density at radius 1 is 1.50 bits per heavy atom. The van der Waals surface area contributed by atoms with Crippen molar-refractivity contribution in [2.24, 2.45) is 0 Å². The molecule has 1 aliphatic heterocycles. The predicted molar refractivity (Wildman–Crippen MR) is 80.4 cm³/mol. The van der Waals surface area contributed by atoms with Crippen LogP contribution >= 0.6 is 11.6 Å². The van der Waals surface area contributed by atoms with Crippen molar-refractivity contribution in [2.75, 3.05) is 25.5 Å². The van der Waals surface area contributed by atoms with Gasteiger partial charge in [-0.1, -0.05) is 23.7 Å².